The van der Waals surface area contributed by atoms with Crippen molar-refractivity contribution in [2.75, 3.05) is 19.5 Å². The Bertz CT molecular complexity index is 738. The Kier molecular flexibility index (Phi) is 4.87. The number of carbonyl (C=O) groups is 1. The van der Waals surface area contributed by atoms with Gasteiger partial charge in [0.05, 0.1) is 26.0 Å². The van der Waals surface area contributed by atoms with Gasteiger partial charge in [0.15, 0.2) is 5.41 Å². The van der Waals surface area contributed by atoms with E-state index < -0.39 is 11.3 Å². The van der Waals surface area contributed by atoms with Gasteiger partial charge >= 0.3 is 0 Å². The van der Waals surface area contributed by atoms with Crippen LogP contribution in [0.3, 0.4) is 0 Å². The Balaban J connectivity index is 2.33. The Morgan fingerprint density at radius 1 is 1.13 bits per heavy atom. The topological polar surface area (TPSA) is 71.3 Å². The van der Waals surface area contributed by atoms with Gasteiger partial charge in [-0.1, -0.05) is 30.3 Å². The molecule has 0 bridgehead atoms. The number of anilines is 1. The SMILES string of the molecule is COc1ccc(NC(=O)[C@@](C)(C#N)c2ccccc2)c(OC)c1. The minimum atomic E-state index is -1.30. The molecule has 0 aliphatic rings. The lowest BCUT2D eigenvalue weighted by Crippen LogP contribution is -2.36. The molecule has 2 rings (SSSR count). The van der Waals surface area contributed by atoms with Crippen LogP contribution in [0, 0.1) is 11.3 Å². The fourth-order valence-corrected chi connectivity index (χ4v) is 2.17. The van der Waals surface area contributed by atoms with Crippen LogP contribution in [0.4, 0.5) is 5.69 Å². The zero-order chi connectivity index (χ0) is 16.9. The molecule has 1 N–H and O–H groups in total. The van der Waals surface area contributed by atoms with Crippen LogP contribution < -0.4 is 14.8 Å². The second kappa shape index (κ2) is 6.84. The van der Waals surface area contributed by atoms with Crippen LogP contribution in [0.1, 0.15) is 12.5 Å². The number of amides is 1. The molecule has 0 fully saturated rings. The summed E-state index contributed by atoms with van der Waals surface area (Å²) in [5.74, 6) is 0.659. The van der Waals surface area contributed by atoms with Crippen molar-refractivity contribution in [1.29, 1.82) is 5.26 Å². The molecule has 2 aromatic rings. The van der Waals surface area contributed by atoms with Crippen LogP contribution in [0.5, 0.6) is 11.5 Å². The molecule has 118 valence electrons. The summed E-state index contributed by atoms with van der Waals surface area (Å²) in [5, 5.41) is 12.3. The van der Waals surface area contributed by atoms with E-state index in [4.69, 9.17) is 9.47 Å². The zero-order valence-corrected chi connectivity index (χ0v) is 13.3. The summed E-state index contributed by atoms with van der Waals surface area (Å²) in [6, 6.07) is 16.1. The van der Waals surface area contributed by atoms with Crippen LogP contribution in [-0.2, 0) is 10.2 Å². The van der Waals surface area contributed by atoms with Gasteiger partial charge in [-0.2, -0.15) is 5.26 Å². The van der Waals surface area contributed by atoms with Crippen molar-refractivity contribution in [2.24, 2.45) is 0 Å². The maximum atomic E-state index is 12.7. The zero-order valence-electron chi connectivity index (χ0n) is 13.3. The molecule has 0 spiro atoms. The second-order valence-corrected chi connectivity index (χ2v) is 5.12. The Morgan fingerprint density at radius 3 is 2.39 bits per heavy atom. The second-order valence-electron chi connectivity index (χ2n) is 5.12. The molecule has 5 nitrogen and oxygen atoms in total. The minimum Gasteiger partial charge on any atom is -0.497 e. The summed E-state index contributed by atoms with van der Waals surface area (Å²) in [4.78, 5) is 12.7. The minimum absolute atomic E-state index is 0.422. The van der Waals surface area contributed by atoms with E-state index in [-0.39, 0.29) is 0 Å². The summed E-state index contributed by atoms with van der Waals surface area (Å²) < 4.78 is 10.4. The molecule has 0 aromatic heterocycles. The first-order valence-electron chi connectivity index (χ1n) is 7.05. The predicted octanol–water partition coefficient (Wildman–Crippen LogP) is 3.12. The van der Waals surface area contributed by atoms with Crippen LogP contribution >= 0.6 is 0 Å². The largest absolute Gasteiger partial charge is 0.497 e. The standard InChI is InChI=1S/C18H18N2O3/c1-18(12-19,13-7-5-4-6-8-13)17(21)20-15-10-9-14(22-2)11-16(15)23-3/h4-11H,1-3H3,(H,20,21)/t18-/m0/s1. The molecule has 0 radical (unpaired) electrons. The Hall–Kier alpha value is -3.00. The molecule has 0 heterocycles. The quantitative estimate of drug-likeness (QED) is 0.921. The molecule has 1 amide bonds. The number of carbonyl (C=O) groups excluding carboxylic acids is 1. The fourth-order valence-electron chi connectivity index (χ4n) is 2.17. The van der Waals surface area contributed by atoms with Gasteiger partial charge in [-0.05, 0) is 24.6 Å². The predicted molar refractivity (Wildman–Crippen MR) is 87.6 cm³/mol. The van der Waals surface area contributed by atoms with E-state index in [0.29, 0.717) is 22.7 Å². The molecular weight excluding hydrogens is 292 g/mol. The molecule has 0 saturated carbocycles. The highest BCUT2D eigenvalue weighted by atomic mass is 16.5. The molecular formula is C18H18N2O3. The number of methoxy groups -OCH3 is 2. The fraction of sp³-hybridized carbons (Fsp3) is 0.222. The summed E-state index contributed by atoms with van der Waals surface area (Å²) in [7, 11) is 3.06. The molecule has 0 aliphatic carbocycles. The molecule has 2 aromatic carbocycles. The van der Waals surface area contributed by atoms with E-state index in [1.165, 1.54) is 7.11 Å². The average Bonchev–Trinajstić information content (AvgIpc) is 2.61. The van der Waals surface area contributed by atoms with Crippen molar-refractivity contribution < 1.29 is 14.3 Å². The van der Waals surface area contributed by atoms with Crippen LogP contribution in [-0.4, -0.2) is 20.1 Å². The van der Waals surface area contributed by atoms with E-state index in [0.717, 1.165) is 0 Å². The maximum Gasteiger partial charge on any atom is 0.249 e. The lowest BCUT2D eigenvalue weighted by molar-refractivity contribution is -0.119. The van der Waals surface area contributed by atoms with Gasteiger partial charge in [0.2, 0.25) is 5.91 Å². The first kappa shape index (κ1) is 16.4. The number of hydrogen-bond acceptors (Lipinski definition) is 4. The molecule has 0 saturated heterocycles. The number of nitrogens with zero attached hydrogens (tertiary/aromatic N) is 1. The summed E-state index contributed by atoms with van der Waals surface area (Å²) in [6.07, 6.45) is 0. The van der Waals surface area contributed by atoms with Gasteiger partial charge in [-0.3, -0.25) is 4.79 Å². The maximum absolute atomic E-state index is 12.7. The van der Waals surface area contributed by atoms with E-state index in [9.17, 15) is 10.1 Å². The number of rotatable bonds is 5. The first-order valence-corrected chi connectivity index (χ1v) is 7.05. The summed E-state index contributed by atoms with van der Waals surface area (Å²) >= 11 is 0. The lowest BCUT2D eigenvalue weighted by atomic mass is 9.83. The molecule has 5 heteroatoms. The van der Waals surface area contributed by atoms with Gasteiger partial charge in [-0.15, -0.1) is 0 Å². The highest BCUT2D eigenvalue weighted by molar-refractivity contribution is 6.02. The van der Waals surface area contributed by atoms with Crippen molar-refractivity contribution in [3.05, 3.63) is 54.1 Å². The smallest absolute Gasteiger partial charge is 0.249 e. The van der Waals surface area contributed by atoms with Gasteiger partial charge < -0.3 is 14.8 Å². The van der Waals surface area contributed by atoms with Gasteiger partial charge in [0.25, 0.3) is 0 Å². The normalized spacial score (nSPS) is 12.6. The van der Waals surface area contributed by atoms with Crippen LogP contribution in [0.25, 0.3) is 0 Å². The summed E-state index contributed by atoms with van der Waals surface area (Å²) in [6.45, 7) is 1.59. The molecule has 0 unspecified atom stereocenters. The highest BCUT2D eigenvalue weighted by Crippen LogP contribution is 2.31. The third kappa shape index (κ3) is 3.27. The third-order valence-corrected chi connectivity index (χ3v) is 3.69. The van der Waals surface area contributed by atoms with Crippen molar-refractivity contribution >= 4 is 11.6 Å². The molecule has 23 heavy (non-hydrogen) atoms. The van der Waals surface area contributed by atoms with E-state index in [2.05, 4.69) is 11.4 Å². The van der Waals surface area contributed by atoms with Crippen molar-refractivity contribution in [3.8, 4) is 17.6 Å². The van der Waals surface area contributed by atoms with Crippen molar-refractivity contribution in [3.63, 3.8) is 0 Å². The van der Waals surface area contributed by atoms with E-state index in [1.807, 2.05) is 6.07 Å². The van der Waals surface area contributed by atoms with E-state index in [1.54, 1.807) is 56.5 Å². The van der Waals surface area contributed by atoms with Gasteiger partial charge in [0, 0.05) is 6.07 Å². The monoisotopic (exact) mass is 310 g/mol. The summed E-state index contributed by atoms with van der Waals surface area (Å²) in [5.41, 5.74) is -0.185. The number of benzene rings is 2. The Morgan fingerprint density at radius 2 is 1.83 bits per heavy atom. The van der Waals surface area contributed by atoms with Gasteiger partial charge in [-0.25, -0.2) is 0 Å². The average molecular weight is 310 g/mol. The van der Waals surface area contributed by atoms with Crippen LogP contribution in [0.15, 0.2) is 48.5 Å². The molecule has 0 aliphatic heterocycles. The number of ether oxygens (including phenoxy) is 2. The van der Waals surface area contributed by atoms with Crippen molar-refractivity contribution in [1.82, 2.24) is 0 Å². The highest BCUT2D eigenvalue weighted by Gasteiger charge is 2.35. The van der Waals surface area contributed by atoms with Crippen molar-refractivity contribution in [2.45, 2.75) is 12.3 Å². The lowest BCUT2D eigenvalue weighted by Gasteiger charge is -2.22. The van der Waals surface area contributed by atoms with Crippen LogP contribution in [0.2, 0.25) is 0 Å². The number of nitrogens with one attached hydrogen (secondary N) is 1. The number of nitriles is 1. The van der Waals surface area contributed by atoms with Gasteiger partial charge in [0.1, 0.15) is 11.5 Å². The first-order chi connectivity index (χ1) is 11.0. The third-order valence-electron chi connectivity index (χ3n) is 3.69. The Labute approximate surface area is 135 Å². The number of hydrogen-bond donors (Lipinski definition) is 1. The molecule has 1 atom stereocenters. The van der Waals surface area contributed by atoms with E-state index >= 15 is 0 Å².